The monoisotopic (exact) mass is 524 g/mol. The molecule has 0 unspecified atom stereocenters. The molecule has 6 nitrogen and oxygen atoms in total. The van der Waals surface area contributed by atoms with Crippen molar-refractivity contribution in [2.45, 2.75) is 84.8 Å². The molecule has 4 aliphatic carbocycles. The van der Waals surface area contributed by atoms with Gasteiger partial charge in [0, 0.05) is 17.3 Å². The Morgan fingerprint density at radius 1 is 1.13 bits per heavy atom. The molecule has 0 aromatic carbocycles. The van der Waals surface area contributed by atoms with E-state index >= 15 is 0 Å². The molecule has 208 valence electrons. The minimum absolute atomic E-state index is 0.0717. The normalized spacial score (nSPS) is 46.2. The van der Waals surface area contributed by atoms with Crippen molar-refractivity contribution in [3.8, 4) is 0 Å². The Labute approximate surface area is 226 Å². The molecule has 0 aromatic rings. The van der Waals surface area contributed by atoms with Crippen LogP contribution in [0.4, 0.5) is 0 Å². The number of aliphatic hydroxyl groups excluding tert-OH is 3. The van der Waals surface area contributed by atoms with Crippen LogP contribution in [0.2, 0.25) is 0 Å². The molecule has 0 radical (unpaired) electrons. The minimum Gasteiger partial charge on any atom is -0.511 e. The van der Waals surface area contributed by atoms with E-state index in [0.717, 1.165) is 24.8 Å². The first-order valence-electron chi connectivity index (χ1n) is 14.4. The summed E-state index contributed by atoms with van der Waals surface area (Å²) in [5.41, 5.74) is -2.62. The van der Waals surface area contributed by atoms with Gasteiger partial charge in [0.05, 0.1) is 12.7 Å². The molecule has 0 amide bonds. The van der Waals surface area contributed by atoms with Crippen LogP contribution in [0.25, 0.3) is 0 Å². The quantitative estimate of drug-likeness (QED) is 0.266. The lowest BCUT2D eigenvalue weighted by molar-refractivity contribution is -0.166. The van der Waals surface area contributed by atoms with Crippen LogP contribution in [0.15, 0.2) is 47.3 Å². The lowest BCUT2D eigenvalue weighted by Crippen LogP contribution is -2.55. The summed E-state index contributed by atoms with van der Waals surface area (Å²) in [6.07, 6.45) is 14.0. The van der Waals surface area contributed by atoms with E-state index in [-0.39, 0.29) is 53.9 Å². The Balaban J connectivity index is 1.72. The average molecular weight is 525 g/mol. The Morgan fingerprint density at radius 2 is 1.87 bits per heavy atom. The first kappa shape index (κ1) is 27.4. The Morgan fingerprint density at radius 3 is 2.55 bits per heavy atom. The SMILES string of the molecule is C[C@H]1CC[C@@H]2[C@H](C=C[C@H]3[C@H](C)/C=C\C[C@]4(C)C=C(CO)[C@H](C[C@@H](C)O)C[C@]45OC(=O)C(=C(O)[C@@]23C)C5=O)C1. The van der Waals surface area contributed by atoms with Crippen molar-refractivity contribution >= 4 is 11.8 Å². The van der Waals surface area contributed by atoms with Crippen molar-refractivity contribution in [1.82, 2.24) is 0 Å². The molecule has 3 N–H and O–H groups in total. The van der Waals surface area contributed by atoms with E-state index in [0.29, 0.717) is 18.8 Å². The fourth-order valence-corrected chi connectivity index (χ4v) is 8.73. The molecular formula is C32H44O6. The van der Waals surface area contributed by atoms with Gasteiger partial charge in [0.15, 0.2) is 5.60 Å². The van der Waals surface area contributed by atoms with Gasteiger partial charge in [0.1, 0.15) is 11.3 Å². The topological polar surface area (TPSA) is 104 Å². The number of esters is 1. The fourth-order valence-electron chi connectivity index (χ4n) is 8.73. The third kappa shape index (κ3) is 3.89. The highest BCUT2D eigenvalue weighted by molar-refractivity contribution is 6.26. The molecule has 38 heavy (non-hydrogen) atoms. The van der Waals surface area contributed by atoms with Crippen LogP contribution in [0, 0.1) is 46.3 Å². The van der Waals surface area contributed by atoms with E-state index in [2.05, 4.69) is 38.2 Å². The van der Waals surface area contributed by atoms with Crippen LogP contribution in [-0.4, -0.2) is 45.4 Å². The Hall–Kier alpha value is -2.18. The highest BCUT2D eigenvalue weighted by atomic mass is 16.6. The Bertz CT molecular complexity index is 1130. The van der Waals surface area contributed by atoms with Gasteiger partial charge in [-0.2, -0.15) is 0 Å². The van der Waals surface area contributed by atoms with Crippen LogP contribution >= 0.6 is 0 Å². The predicted molar refractivity (Wildman–Crippen MR) is 145 cm³/mol. The van der Waals surface area contributed by atoms with Crippen LogP contribution < -0.4 is 0 Å². The van der Waals surface area contributed by atoms with E-state index in [9.17, 15) is 24.9 Å². The Kier molecular flexibility index (Phi) is 6.83. The van der Waals surface area contributed by atoms with Crippen molar-refractivity contribution in [1.29, 1.82) is 0 Å². The summed E-state index contributed by atoms with van der Waals surface area (Å²) in [5, 5.41) is 32.5. The fraction of sp³-hybridized carbons (Fsp3) is 0.688. The molecule has 10 atom stereocenters. The van der Waals surface area contributed by atoms with Gasteiger partial charge < -0.3 is 20.1 Å². The first-order chi connectivity index (χ1) is 17.9. The van der Waals surface area contributed by atoms with Crippen molar-refractivity contribution in [3.05, 3.63) is 47.3 Å². The average Bonchev–Trinajstić information content (AvgIpc) is 3.09. The number of carbonyl (C=O) groups is 2. The molecule has 6 heteroatoms. The molecule has 5 rings (SSSR count). The highest BCUT2D eigenvalue weighted by Gasteiger charge is 2.66. The van der Waals surface area contributed by atoms with E-state index in [4.69, 9.17) is 4.74 Å². The minimum atomic E-state index is -1.50. The molecule has 1 saturated heterocycles. The number of rotatable bonds is 3. The molecule has 2 bridgehead atoms. The molecule has 1 spiro atoms. The lowest BCUT2D eigenvalue weighted by atomic mass is 9.52. The van der Waals surface area contributed by atoms with Crippen molar-refractivity contribution in [2.75, 3.05) is 6.61 Å². The molecule has 1 aliphatic heterocycles. The maximum atomic E-state index is 14.5. The van der Waals surface area contributed by atoms with Gasteiger partial charge in [-0.05, 0) is 73.7 Å². The zero-order chi connectivity index (χ0) is 27.6. The molecule has 5 aliphatic rings. The summed E-state index contributed by atoms with van der Waals surface area (Å²) in [6.45, 7) is 9.86. The van der Waals surface area contributed by atoms with Gasteiger partial charge in [-0.1, -0.05) is 64.5 Å². The number of fused-ring (bicyclic) bond motifs is 4. The number of hydrogen-bond acceptors (Lipinski definition) is 6. The van der Waals surface area contributed by atoms with Gasteiger partial charge in [0.25, 0.3) is 0 Å². The van der Waals surface area contributed by atoms with Crippen LogP contribution in [0.5, 0.6) is 0 Å². The maximum absolute atomic E-state index is 14.5. The number of hydrogen-bond donors (Lipinski definition) is 3. The van der Waals surface area contributed by atoms with E-state index in [1.54, 1.807) is 6.92 Å². The van der Waals surface area contributed by atoms with Crippen LogP contribution in [-0.2, 0) is 14.3 Å². The van der Waals surface area contributed by atoms with Gasteiger partial charge in [-0.25, -0.2) is 4.79 Å². The molecule has 1 saturated carbocycles. The van der Waals surface area contributed by atoms with E-state index in [1.807, 2.05) is 19.9 Å². The summed E-state index contributed by atoms with van der Waals surface area (Å²) in [7, 11) is 0. The van der Waals surface area contributed by atoms with Crippen molar-refractivity contribution in [2.24, 2.45) is 46.3 Å². The molecule has 2 fully saturated rings. The van der Waals surface area contributed by atoms with Gasteiger partial charge >= 0.3 is 5.97 Å². The second kappa shape index (κ2) is 9.48. The number of ketones is 1. The van der Waals surface area contributed by atoms with Crippen LogP contribution in [0.3, 0.4) is 0 Å². The number of Topliss-reactive ketones (excluding diaryl/α,β-unsaturated/α-hetero) is 1. The second-order valence-corrected chi connectivity index (χ2v) is 13.4. The summed E-state index contributed by atoms with van der Waals surface area (Å²) in [6, 6.07) is 0. The largest absolute Gasteiger partial charge is 0.511 e. The first-order valence-corrected chi connectivity index (χ1v) is 14.4. The summed E-state index contributed by atoms with van der Waals surface area (Å²) < 4.78 is 6.12. The number of aliphatic hydroxyl groups is 3. The third-order valence-corrected chi connectivity index (χ3v) is 10.8. The van der Waals surface area contributed by atoms with Crippen molar-refractivity contribution < 1.29 is 29.6 Å². The summed E-state index contributed by atoms with van der Waals surface area (Å²) in [4.78, 5) is 28.2. The van der Waals surface area contributed by atoms with Crippen molar-refractivity contribution in [3.63, 3.8) is 0 Å². The lowest BCUT2D eigenvalue weighted by Gasteiger charge is -2.52. The van der Waals surface area contributed by atoms with E-state index in [1.165, 1.54) is 0 Å². The van der Waals surface area contributed by atoms with Crippen LogP contribution in [0.1, 0.15) is 73.1 Å². The number of allylic oxidation sites excluding steroid dienone is 5. The zero-order valence-corrected chi connectivity index (χ0v) is 23.4. The van der Waals surface area contributed by atoms with Gasteiger partial charge in [-0.3, -0.25) is 4.79 Å². The molecular weight excluding hydrogens is 480 g/mol. The smallest absolute Gasteiger partial charge is 0.346 e. The van der Waals surface area contributed by atoms with Gasteiger partial charge in [0.2, 0.25) is 5.78 Å². The molecule has 1 heterocycles. The highest BCUT2D eigenvalue weighted by Crippen LogP contribution is 2.60. The number of ether oxygens (including phenoxy) is 1. The summed E-state index contributed by atoms with van der Waals surface area (Å²) >= 11 is 0. The maximum Gasteiger partial charge on any atom is 0.346 e. The van der Waals surface area contributed by atoms with Gasteiger partial charge in [-0.15, -0.1) is 0 Å². The standard InChI is InChI=1S/C32H44O6/c1-18-8-10-25-21(13-18)9-11-24-19(2)7-6-12-30(4)15-23(17-33)22(14-20(3)34)16-32(30)28(36)26(29(37)38-32)27(35)31(24,25)5/h6-7,9,11,15,18-22,24-25,33-35H,8,10,12-14,16-17H2,1-5H3/b7-6-,27-26?/t18-,19+,20+,21+,22+,24-,25+,30+,31+,32+/m0/s1. The third-order valence-electron chi connectivity index (χ3n) is 10.8. The number of carbonyl (C=O) groups excluding carboxylic acids is 2. The zero-order valence-electron chi connectivity index (χ0n) is 23.4. The predicted octanol–water partition coefficient (Wildman–Crippen LogP) is 5.22. The molecule has 0 aromatic heterocycles. The summed E-state index contributed by atoms with van der Waals surface area (Å²) in [5.74, 6) is -0.619. The second-order valence-electron chi connectivity index (χ2n) is 13.4. The van der Waals surface area contributed by atoms with E-state index < -0.39 is 34.3 Å².